The van der Waals surface area contributed by atoms with Crippen molar-refractivity contribution in [3.05, 3.63) is 0 Å². The van der Waals surface area contributed by atoms with E-state index in [9.17, 15) is 9.59 Å². The summed E-state index contributed by atoms with van der Waals surface area (Å²) in [7, 11) is 0. The van der Waals surface area contributed by atoms with E-state index in [1.54, 1.807) is 0 Å². The minimum absolute atomic E-state index is 0.142. The lowest BCUT2D eigenvalue weighted by molar-refractivity contribution is -0.169. The van der Waals surface area contributed by atoms with Crippen molar-refractivity contribution >= 4 is 11.9 Å². The quantitative estimate of drug-likeness (QED) is 0.409. The van der Waals surface area contributed by atoms with Crippen molar-refractivity contribution in [2.75, 3.05) is 13.2 Å². The topological polar surface area (TPSA) is 52.6 Å². The van der Waals surface area contributed by atoms with Crippen molar-refractivity contribution in [3.8, 4) is 0 Å². The van der Waals surface area contributed by atoms with Gasteiger partial charge in [-0.3, -0.25) is 0 Å². The molecule has 0 heterocycles. The van der Waals surface area contributed by atoms with Crippen molar-refractivity contribution in [1.29, 1.82) is 0 Å². The highest BCUT2D eigenvalue weighted by Gasteiger charge is 2.20. The molecule has 0 aliphatic carbocycles. The number of hydrogen-bond acceptors (Lipinski definition) is 4. The van der Waals surface area contributed by atoms with Gasteiger partial charge in [-0.15, -0.1) is 0 Å². The molecule has 0 fully saturated rings. The summed E-state index contributed by atoms with van der Waals surface area (Å²) in [4.78, 5) is 22.4. The highest BCUT2D eigenvalue weighted by molar-refractivity contribution is 6.29. The molecule has 0 aromatic carbocycles. The second-order valence-corrected chi connectivity index (χ2v) is 5.33. The third-order valence-electron chi connectivity index (χ3n) is 2.03. The fraction of sp³-hybridized carbons (Fsp3) is 0.846. The first kappa shape index (κ1) is 15.9. The van der Waals surface area contributed by atoms with Gasteiger partial charge in [-0.05, 0) is 11.8 Å². The normalized spacial score (nSPS) is 11.1. The molecule has 17 heavy (non-hydrogen) atoms. The lowest BCUT2D eigenvalue weighted by Gasteiger charge is -2.17. The van der Waals surface area contributed by atoms with Gasteiger partial charge in [0, 0.05) is 0 Å². The maximum atomic E-state index is 11.2. The van der Waals surface area contributed by atoms with E-state index in [1.807, 2.05) is 20.8 Å². The molecule has 0 saturated heterocycles. The van der Waals surface area contributed by atoms with E-state index in [0.717, 1.165) is 25.7 Å². The fourth-order valence-electron chi connectivity index (χ4n) is 1.09. The molecule has 0 unspecified atom stereocenters. The molecule has 0 atom stereocenters. The number of rotatable bonds is 6. The first-order chi connectivity index (χ1) is 7.87. The Hall–Kier alpha value is -1.06. The summed E-state index contributed by atoms with van der Waals surface area (Å²) >= 11 is 0. The van der Waals surface area contributed by atoms with E-state index >= 15 is 0 Å². The van der Waals surface area contributed by atoms with Crippen LogP contribution in [-0.2, 0) is 19.1 Å². The lowest BCUT2D eigenvalue weighted by atomic mass is 9.99. The van der Waals surface area contributed by atoms with Crippen LogP contribution in [0.1, 0.15) is 53.4 Å². The molecule has 0 rings (SSSR count). The van der Waals surface area contributed by atoms with Crippen LogP contribution in [0.25, 0.3) is 0 Å². The minimum atomic E-state index is -0.893. The molecule has 0 aromatic rings. The predicted molar refractivity (Wildman–Crippen MR) is 65.5 cm³/mol. The Labute approximate surface area is 104 Å². The van der Waals surface area contributed by atoms with Gasteiger partial charge in [-0.2, -0.15) is 0 Å². The van der Waals surface area contributed by atoms with Crippen molar-refractivity contribution in [3.63, 3.8) is 0 Å². The van der Waals surface area contributed by atoms with Crippen molar-refractivity contribution < 1.29 is 19.1 Å². The summed E-state index contributed by atoms with van der Waals surface area (Å²) in [5.41, 5.74) is -0.142. The highest BCUT2D eigenvalue weighted by atomic mass is 16.6. The molecule has 4 nitrogen and oxygen atoms in total. The third kappa shape index (κ3) is 9.85. The standard InChI is InChI=1S/C13H24O4/c1-5-6-7-8-9-16-11(14)12(15)17-10-13(2,3)4/h5-10H2,1-4H3. The molecule has 0 N–H and O–H groups in total. The number of unbranched alkanes of at least 4 members (excludes halogenated alkanes) is 3. The monoisotopic (exact) mass is 244 g/mol. The Bertz CT molecular complexity index is 240. The van der Waals surface area contributed by atoms with Crippen LogP contribution >= 0.6 is 0 Å². The number of esters is 2. The summed E-state index contributed by atoms with van der Waals surface area (Å²) in [6.45, 7) is 8.40. The Balaban J connectivity index is 3.65. The average Bonchev–Trinajstić information content (AvgIpc) is 2.24. The number of carbonyl (C=O) groups excluding carboxylic acids is 2. The van der Waals surface area contributed by atoms with Crippen molar-refractivity contribution in [2.24, 2.45) is 5.41 Å². The first-order valence-corrected chi connectivity index (χ1v) is 6.20. The van der Waals surface area contributed by atoms with E-state index in [4.69, 9.17) is 9.47 Å². The smallest absolute Gasteiger partial charge is 0.417 e. The molecule has 0 saturated carbocycles. The summed E-state index contributed by atoms with van der Waals surface area (Å²) in [5, 5.41) is 0. The molecule has 0 aliphatic heterocycles. The molecule has 0 radical (unpaired) electrons. The van der Waals surface area contributed by atoms with E-state index in [1.165, 1.54) is 0 Å². The zero-order valence-corrected chi connectivity index (χ0v) is 11.4. The molecule has 0 bridgehead atoms. The fourth-order valence-corrected chi connectivity index (χ4v) is 1.09. The maximum absolute atomic E-state index is 11.2. The van der Waals surface area contributed by atoms with Crippen molar-refractivity contribution in [1.82, 2.24) is 0 Å². The van der Waals surface area contributed by atoms with Crippen LogP contribution in [0.4, 0.5) is 0 Å². The van der Waals surface area contributed by atoms with Crippen LogP contribution in [0, 0.1) is 5.41 Å². The van der Waals surface area contributed by atoms with Gasteiger partial charge in [-0.25, -0.2) is 9.59 Å². The van der Waals surface area contributed by atoms with Crippen LogP contribution in [0.3, 0.4) is 0 Å². The molecular formula is C13H24O4. The maximum Gasteiger partial charge on any atom is 0.417 e. The first-order valence-electron chi connectivity index (χ1n) is 6.20. The lowest BCUT2D eigenvalue weighted by Crippen LogP contribution is -2.25. The molecule has 4 heteroatoms. The van der Waals surface area contributed by atoms with Gasteiger partial charge in [-0.1, -0.05) is 47.0 Å². The van der Waals surface area contributed by atoms with Gasteiger partial charge in [0.15, 0.2) is 0 Å². The van der Waals surface area contributed by atoms with Crippen LogP contribution < -0.4 is 0 Å². The van der Waals surface area contributed by atoms with E-state index in [0.29, 0.717) is 6.61 Å². The van der Waals surface area contributed by atoms with Crippen LogP contribution in [0.5, 0.6) is 0 Å². The van der Waals surface area contributed by atoms with E-state index < -0.39 is 11.9 Å². The van der Waals surface area contributed by atoms with E-state index in [2.05, 4.69) is 6.92 Å². The molecular weight excluding hydrogens is 220 g/mol. The molecule has 0 amide bonds. The predicted octanol–water partition coefficient (Wildman–Crippen LogP) is 2.70. The Morgan fingerprint density at radius 2 is 1.53 bits per heavy atom. The Morgan fingerprint density at radius 1 is 0.941 bits per heavy atom. The van der Waals surface area contributed by atoms with Gasteiger partial charge in [0.1, 0.15) is 0 Å². The molecule has 0 aromatic heterocycles. The van der Waals surface area contributed by atoms with Crippen LogP contribution in [0.15, 0.2) is 0 Å². The van der Waals surface area contributed by atoms with Crippen molar-refractivity contribution in [2.45, 2.75) is 53.4 Å². The third-order valence-corrected chi connectivity index (χ3v) is 2.03. The zero-order valence-electron chi connectivity index (χ0n) is 11.4. The summed E-state index contributed by atoms with van der Waals surface area (Å²) < 4.78 is 9.64. The summed E-state index contributed by atoms with van der Waals surface area (Å²) in [6.07, 6.45) is 4.06. The number of carbonyl (C=O) groups is 2. The van der Waals surface area contributed by atoms with Crippen LogP contribution in [-0.4, -0.2) is 25.2 Å². The average molecular weight is 244 g/mol. The van der Waals surface area contributed by atoms with E-state index in [-0.39, 0.29) is 12.0 Å². The second-order valence-electron chi connectivity index (χ2n) is 5.33. The number of hydrogen-bond donors (Lipinski definition) is 0. The molecule has 0 spiro atoms. The SMILES string of the molecule is CCCCCCOC(=O)C(=O)OCC(C)(C)C. The van der Waals surface area contributed by atoms with Crippen LogP contribution in [0.2, 0.25) is 0 Å². The summed E-state index contributed by atoms with van der Waals surface area (Å²) in [6, 6.07) is 0. The summed E-state index contributed by atoms with van der Waals surface area (Å²) in [5.74, 6) is -1.78. The second kappa shape index (κ2) is 8.09. The minimum Gasteiger partial charge on any atom is -0.457 e. The number of ether oxygens (including phenoxy) is 2. The van der Waals surface area contributed by atoms with Gasteiger partial charge < -0.3 is 9.47 Å². The van der Waals surface area contributed by atoms with Gasteiger partial charge in [0.2, 0.25) is 0 Å². The molecule has 0 aliphatic rings. The Morgan fingerprint density at radius 3 is 2.06 bits per heavy atom. The molecule has 100 valence electrons. The zero-order chi connectivity index (χ0) is 13.3. The van der Waals surface area contributed by atoms with Gasteiger partial charge in [0.25, 0.3) is 0 Å². The van der Waals surface area contributed by atoms with Gasteiger partial charge >= 0.3 is 11.9 Å². The largest absolute Gasteiger partial charge is 0.457 e. The van der Waals surface area contributed by atoms with Gasteiger partial charge in [0.05, 0.1) is 13.2 Å². The Kier molecular flexibility index (Phi) is 7.59. The highest BCUT2D eigenvalue weighted by Crippen LogP contribution is 2.12.